The van der Waals surface area contributed by atoms with Crippen LogP contribution >= 0.6 is 11.6 Å². The standard InChI is InChI=1S/C14H18ClNO3/c1-9(2)7-10(14(18)19)8-16-13(17)11-5-3-4-6-12(11)15/h3-6,9-10H,7-8H2,1-2H3,(H,16,17)(H,18,19). The Balaban J connectivity index is 2.62. The average Bonchev–Trinajstić information content (AvgIpc) is 2.34. The fraction of sp³-hybridized carbons (Fsp3) is 0.429. The highest BCUT2D eigenvalue weighted by Crippen LogP contribution is 2.15. The molecule has 0 bridgehead atoms. The van der Waals surface area contributed by atoms with Crippen LogP contribution in [0.1, 0.15) is 30.6 Å². The monoisotopic (exact) mass is 283 g/mol. The van der Waals surface area contributed by atoms with Gasteiger partial charge in [-0.15, -0.1) is 0 Å². The third-order valence-electron chi connectivity index (χ3n) is 2.73. The quantitative estimate of drug-likeness (QED) is 0.844. The fourth-order valence-electron chi connectivity index (χ4n) is 1.80. The third kappa shape index (κ3) is 4.91. The molecule has 2 N–H and O–H groups in total. The molecule has 0 aromatic heterocycles. The molecule has 19 heavy (non-hydrogen) atoms. The lowest BCUT2D eigenvalue weighted by Gasteiger charge is -2.15. The van der Waals surface area contributed by atoms with Gasteiger partial charge in [-0.05, 0) is 24.5 Å². The van der Waals surface area contributed by atoms with E-state index in [2.05, 4.69) is 5.32 Å². The summed E-state index contributed by atoms with van der Waals surface area (Å²) in [4.78, 5) is 23.0. The first kappa shape index (κ1) is 15.5. The fourth-order valence-corrected chi connectivity index (χ4v) is 2.02. The van der Waals surface area contributed by atoms with Crippen molar-refractivity contribution in [3.63, 3.8) is 0 Å². The minimum absolute atomic E-state index is 0.109. The summed E-state index contributed by atoms with van der Waals surface area (Å²) < 4.78 is 0. The molecule has 0 saturated carbocycles. The highest BCUT2D eigenvalue weighted by atomic mass is 35.5. The molecule has 1 aromatic rings. The third-order valence-corrected chi connectivity index (χ3v) is 3.06. The van der Waals surface area contributed by atoms with E-state index < -0.39 is 11.9 Å². The van der Waals surface area contributed by atoms with E-state index >= 15 is 0 Å². The van der Waals surface area contributed by atoms with Crippen LogP contribution in [0.5, 0.6) is 0 Å². The summed E-state index contributed by atoms with van der Waals surface area (Å²) in [7, 11) is 0. The van der Waals surface area contributed by atoms with Gasteiger partial charge >= 0.3 is 5.97 Å². The van der Waals surface area contributed by atoms with Crippen molar-refractivity contribution < 1.29 is 14.7 Å². The van der Waals surface area contributed by atoms with Gasteiger partial charge in [0.05, 0.1) is 16.5 Å². The van der Waals surface area contributed by atoms with Crippen molar-refractivity contribution in [1.82, 2.24) is 5.32 Å². The predicted molar refractivity (Wildman–Crippen MR) is 74.4 cm³/mol. The lowest BCUT2D eigenvalue weighted by Crippen LogP contribution is -2.33. The molecule has 0 radical (unpaired) electrons. The summed E-state index contributed by atoms with van der Waals surface area (Å²) in [5.41, 5.74) is 0.359. The number of benzene rings is 1. The Hall–Kier alpha value is -1.55. The first-order valence-electron chi connectivity index (χ1n) is 6.17. The number of halogens is 1. The Morgan fingerprint density at radius 2 is 1.95 bits per heavy atom. The molecule has 0 fully saturated rings. The van der Waals surface area contributed by atoms with E-state index in [9.17, 15) is 9.59 Å². The molecule has 1 aromatic carbocycles. The molecule has 0 aliphatic heterocycles. The lowest BCUT2D eigenvalue weighted by molar-refractivity contribution is -0.142. The van der Waals surface area contributed by atoms with E-state index in [-0.39, 0.29) is 18.4 Å². The summed E-state index contributed by atoms with van der Waals surface area (Å²) in [6.45, 7) is 4.01. The van der Waals surface area contributed by atoms with Crippen LogP contribution in [0.4, 0.5) is 0 Å². The van der Waals surface area contributed by atoms with Crippen molar-refractivity contribution in [1.29, 1.82) is 0 Å². The van der Waals surface area contributed by atoms with Gasteiger partial charge in [0.25, 0.3) is 5.91 Å². The van der Waals surface area contributed by atoms with Crippen molar-refractivity contribution in [2.24, 2.45) is 11.8 Å². The Morgan fingerprint density at radius 3 is 2.47 bits per heavy atom. The van der Waals surface area contributed by atoms with Gasteiger partial charge in [0.2, 0.25) is 0 Å². The molecular formula is C14H18ClNO3. The molecule has 1 rings (SSSR count). The lowest BCUT2D eigenvalue weighted by atomic mass is 9.97. The molecule has 4 nitrogen and oxygen atoms in total. The normalized spacial score (nSPS) is 12.2. The number of carboxylic acid groups (broad SMARTS) is 1. The minimum Gasteiger partial charge on any atom is -0.481 e. The maximum absolute atomic E-state index is 11.9. The Bertz CT molecular complexity index is 460. The summed E-state index contributed by atoms with van der Waals surface area (Å²) in [5, 5.41) is 12.1. The summed E-state index contributed by atoms with van der Waals surface area (Å²) >= 11 is 5.90. The van der Waals surface area contributed by atoms with E-state index in [0.717, 1.165) is 0 Å². The van der Waals surface area contributed by atoms with Gasteiger partial charge in [-0.3, -0.25) is 9.59 Å². The molecule has 0 spiro atoms. The smallest absolute Gasteiger partial charge is 0.308 e. The van der Waals surface area contributed by atoms with Gasteiger partial charge in [-0.1, -0.05) is 37.6 Å². The van der Waals surface area contributed by atoms with Crippen molar-refractivity contribution in [3.05, 3.63) is 34.9 Å². The molecule has 1 unspecified atom stereocenters. The van der Waals surface area contributed by atoms with Crippen molar-refractivity contribution in [3.8, 4) is 0 Å². The van der Waals surface area contributed by atoms with Crippen molar-refractivity contribution >= 4 is 23.5 Å². The van der Waals surface area contributed by atoms with Crippen LogP contribution in [-0.4, -0.2) is 23.5 Å². The highest BCUT2D eigenvalue weighted by molar-refractivity contribution is 6.33. The number of hydrogen-bond donors (Lipinski definition) is 2. The number of carbonyl (C=O) groups is 2. The number of hydrogen-bond acceptors (Lipinski definition) is 2. The first-order valence-corrected chi connectivity index (χ1v) is 6.55. The van der Waals surface area contributed by atoms with Crippen LogP contribution in [0.25, 0.3) is 0 Å². The number of nitrogens with one attached hydrogen (secondary N) is 1. The van der Waals surface area contributed by atoms with Gasteiger partial charge in [0.15, 0.2) is 0 Å². The zero-order valence-corrected chi connectivity index (χ0v) is 11.8. The maximum atomic E-state index is 11.9. The van der Waals surface area contributed by atoms with Gasteiger partial charge < -0.3 is 10.4 Å². The predicted octanol–water partition coefficient (Wildman–Crippen LogP) is 2.82. The second kappa shape index (κ2) is 7.14. The van der Waals surface area contributed by atoms with Crippen molar-refractivity contribution in [2.45, 2.75) is 20.3 Å². The Labute approximate surface area is 117 Å². The summed E-state index contributed by atoms with van der Waals surface area (Å²) in [6.07, 6.45) is 0.526. The molecule has 1 atom stereocenters. The van der Waals surface area contributed by atoms with Crippen molar-refractivity contribution in [2.75, 3.05) is 6.54 Å². The van der Waals surface area contributed by atoms with Gasteiger partial charge in [0.1, 0.15) is 0 Å². The first-order chi connectivity index (χ1) is 8.91. The highest BCUT2D eigenvalue weighted by Gasteiger charge is 2.20. The van der Waals surface area contributed by atoms with Gasteiger partial charge in [-0.25, -0.2) is 0 Å². The van der Waals surface area contributed by atoms with E-state index in [1.54, 1.807) is 24.3 Å². The number of carbonyl (C=O) groups excluding carboxylic acids is 1. The topological polar surface area (TPSA) is 66.4 Å². The number of amides is 1. The largest absolute Gasteiger partial charge is 0.481 e. The Kier molecular flexibility index (Phi) is 5.83. The van der Waals surface area contributed by atoms with E-state index in [1.165, 1.54) is 0 Å². The zero-order valence-electron chi connectivity index (χ0n) is 11.0. The van der Waals surface area contributed by atoms with E-state index in [1.807, 2.05) is 13.8 Å². The van der Waals surface area contributed by atoms with Crippen LogP contribution < -0.4 is 5.32 Å². The molecule has 1 amide bonds. The zero-order chi connectivity index (χ0) is 14.4. The van der Waals surface area contributed by atoms with Gasteiger partial charge in [-0.2, -0.15) is 0 Å². The van der Waals surface area contributed by atoms with Crippen LogP contribution in [0.3, 0.4) is 0 Å². The van der Waals surface area contributed by atoms with E-state index in [4.69, 9.17) is 16.7 Å². The van der Waals surface area contributed by atoms with Crippen LogP contribution in [0.15, 0.2) is 24.3 Å². The maximum Gasteiger partial charge on any atom is 0.308 e. The van der Waals surface area contributed by atoms with E-state index in [0.29, 0.717) is 17.0 Å². The average molecular weight is 284 g/mol. The van der Waals surface area contributed by atoms with Gasteiger partial charge in [0, 0.05) is 6.54 Å². The minimum atomic E-state index is -0.895. The molecule has 5 heteroatoms. The number of rotatable bonds is 6. The number of aliphatic carboxylic acids is 1. The molecular weight excluding hydrogens is 266 g/mol. The molecule has 104 valence electrons. The Morgan fingerprint density at radius 1 is 1.32 bits per heavy atom. The summed E-state index contributed by atoms with van der Waals surface area (Å²) in [6, 6.07) is 6.68. The molecule has 0 saturated heterocycles. The second-order valence-electron chi connectivity index (χ2n) is 4.85. The second-order valence-corrected chi connectivity index (χ2v) is 5.26. The molecule has 0 aliphatic carbocycles. The summed E-state index contributed by atoms with van der Waals surface area (Å²) in [5.74, 6) is -1.56. The molecule has 0 aliphatic rings. The van der Waals surface area contributed by atoms with Crippen LogP contribution in [0.2, 0.25) is 5.02 Å². The van der Waals surface area contributed by atoms with Crippen LogP contribution in [-0.2, 0) is 4.79 Å². The SMILES string of the molecule is CC(C)CC(CNC(=O)c1ccccc1Cl)C(=O)O. The molecule has 0 heterocycles. The van der Waals surface area contributed by atoms with Crippen LogP contribution in [0, 0.1) is 11.8 Å². The number of carboxylic acids is 1.